The van der Waals surface area contributed by atoms with Gasteiger partial charge in [0.05, 0.1) is 31.7 Å². The van der Waals surface area contributed by atoms with Crippen molar-refractivity contribution in [2.45, 2.75) is 6.54 Å². The summed E-state index contributed by atoms with van der Waals surface area (Å²) in [4.78, 5) is 16.1. The molecule has 0 saturated carbocycles. The highest BCUT2D eigenvalue weighted by atomic mass is 16.5. The lowest BCUT2D eigenvalue weighted by molar-refractivity contribution is 0.411. The lowest BCUT2D eigenvalue weighted by atomic mass is 10.4. The second-order valence-corrected chi connectivity index (χ2v) is 3.00. The van der Waals surface area contributed by atoms with Gasteiger partial charge in [-0.3, -0.25) is 0 Å². The molecule has 1 N–H and O–H groups in total. The van der Waals surface area contributed by atoms with Gasteiger partial charge in [-0.15, -0.1) is 0 Å². The zero-order chi connectivity index (χ0) is 11.2. The van der Waals surface area contributed by atoms with E-state index >= 15 is 0 Å². The van der Waals surface area contributed by atoms with Crippen molar-refractivity contribution in [3.63, 3.8) is 0 Å². The van der Waals surface area contributed by atoms with Crippen molar-refractivity contribution in [3.8, 4) is 5.75 Å². The number of hydrogen-bond donors (Lipinski definition) is 1. The average Bonchev–Trinajstić information content (AvgIpc) is 2.38. The van der Waals surface area contributed by atoms with E-state index in [0.717, 1.165) is 5.69 Å². The summed E-state index contributed by atoms with van der Waals surface area (Å²) in [5.74, 6) is 1.17. The quantitative estimate of drug-likeness (QED) is 0.819. The minimum atomic E-state index is 0.541. The molecule has 0 fully saturated rings. The number of hydrogen-bond acceptors (Lipinski definition) is 6. The molecular weight excluding hydrogens is 206 g/mol. The number of rotatable bonds is 4. The van der Waals surface area contributed by atoms with Gasteiger partial charge in [-0.25, -0.2) is 19.9 Å². The summed E-state index contributed by atoms with van der Waals surface area (Å²) in [5.41, 5.74) is 0.884. The standard InChI is InChI=1S/C10H11N5O/c1-16-9-5-13-10(14-6-9)12-4-8-2-3-11-7-15-8/h2-3,5-7H,4H2,1H3,(H,12,13,14). The van der Waals surface area contributed by atoms with Crippen molar-refractivity contribution in [1.82, 2.24) is 19.9 Å². The molecule has 16 heavy (non-hydrogen) atoms. The van der Waals surface area contributed by atoms with Crippen LogP contribution in [0.4, 0.5) is 5.95 Å². The highest BCUT2D eigenvalue weighted by molar-refractivity contribution is 5.27. The van der Waals surface area contributed by atoms with E-state index in [2.05, 4.69) is 25.3 Å². The van der Waals surface area contributed by atoms with Crippen LogP contribution in [0.25, 0.3) is 0 Å². The molecule has 0 amide bonds. The van der Waals surface area contributed by atoms with Crippen molar-refractivity contribution in [3.05, 3.63) is 36.7 Å². The van der Waals surface area contributed by atoms with Gasteiger partial charge >= 0.3 is 0 Å². The molecular formula is C10H11N5O. The summed E-state index contributed by atoms with van der Waals surface area (Å²) in [5, 5.41) is 3.04. The average molecular weight is 217 g/mol. The molecule has 0 aliphatic rings. The molecule has 6 nitrogen and oxygen atoms in total. The molecule has 0 aliphatic heterocycles. The van der Waals surface area contributed by atoms with E-state index in [1.54, 1.807) is 25.7 Å². The van der Waals surface area contributed by atoms with E-state index in [-0.39, 0.29) is 0 Å². The molecule has 0 aliphatic carbocycles. The van der Waals surface area contributed by atoms with E-state index < -0.39 is 0 Å². The van der Waals surface area contributed by atoms with Crippen LogP contribution in [0.5, 0.6) is 5.75 Å². The molecule has 0 spiro atoms. The Bertz CT molecular complexity index is 431. The van der Waals surface area contributed by atoms with Crippen molar-refractivity contribution in [2.24, 2.45) is 0 Å². The van der Waals surface area contributed by atoms with Gasteiger partial charge in [0.15, 0.2) is 5.75 Å². The van der Waals surface area contributed by atoms with Crippen LogP contribution in [0.1, 0.15) is 5.69 Å². The monoisotopic (exact) mass is 217 g/mol. The molecule has 0 atom stereocenters. The SMILES string of the molecule is COc1cnc(NCc2ccncn2)nc1. The number of aromatic nitrogens is 4. The van der Waals surface area contributed by atoms with E-state index in [1.807, 2.05) is 6.07 Å². The van der Waals surface area contributed by atoms with Gasteiger partial charge in [0, 0.05) is 6.20 Å². The van der Waals surface area contributed by atoms with Gasteiger partial charge in [-0.05, 0) is 6.07 Å². The number of anilines is 1. The normalized spacial score (nSPS) is 9.81. The first-order valence-corrected chi connectivity index (χ1v) is 4.73. The Morgan fingerprint density at radius 1 is 1.25 bits per heavy atom. The molecule has 2 aromatic heterocycles. The third kappa shape index (κ3) is 2.63. The smallest absolute Gasteiger partial charge is 0.223 e. The molecule has 0 aromatic carbocycles. The first-order valence-electron chi connectivity index (χ1n) is 4.73. The molecule has 2 aromatic rings. The second kappa shape index (κ2) is 5.01. The fourth-order valence-electron chi connectivity index (χ4n) is 1.11. The first-order chi connectivity index (χ1) is 7.88. The Morgan fingerprint density at radius 2 is 2.06 bits per heavy atom. The van der Waals surface area contributed by atoms with Crippen LogP contribution in [-0.2, 0) is 6.54 Å². The van der Waals surface area contributed by atoms with E-state index in [9.17, 15) is 0 Å². The van der Waals surface area contributed by atoms with E-state index in [4.69, 9.17) is 4.74 Å². The summed E-state index contributed by atoms with van der Waals surface area (Å²) in [6.07, 6.45) is 6.41. The number of nitrogens with one attached hydrogen (secondary N) is 1. The molecule has 0 unspecified atom stereocenters. The van der Waals surface area contributed by atoms with Crippen LogP contribution in [0.3, 0.4) is 0 Å². The fourth-order valence-corrected chi connectivity index (χ4v) is 1.11. The van der Waals surface area contributed by atoms with Gasteiger partial charge in [-0.1, -0.05) is 0 Å². The molecule has 0 saturated heterocycles. The molecule has 2 heterocycles. The molecule has 82 valence electrons. The predicted molar refractivity (Wildman–Crippen MR) is 57.9 cm³/mol. The third-order valence-electron chi connectivity index (χ3n) is 1.93. The van der Waals surface area contributed by atoms with Crippen LogP contribution < -0.4 is 10.1 Å². The van der Waals surface area contributed by atoms with E-state index in [0.29, 0.717) is 18.2 Å². The van der Waals surface area contributed by atoms with Crippen LogP contribution >= 0.6 is 0 Å². The Balaban J connectivity index is 1.94. The summed E-state index contributed by atoms with van der Waals surface area (Å²) in [6.45, 7) is 0.564. The summed E-state index contributed by atoms with van der Waals surface area (Å²) < 4.78 is 4.96. The predicted octanol–water partition coefficient (Wildman–Crippen LogP) is 0.887. The van der Waals surface area contributed by atoms with Crippen molar-refractivity contribution >= 4 is 5.95 Å². The highest BCUT2D eigenvalue weighted by Crippen LogP contribution is 2.07. The Morgan fingerprint density at radius 3 is 2.69 bits per heavy atom. The van der Waals surface area contributed by atoms with Crippen molar-refractivity contribution in [1.29, 1.82) is 0 Å². The summed E-state index contributed by atoms with van der Waals surface area (Å²) >= 11 is 0. The van der Waals surface area contributed by atoms with Gasteiger partial charge in [0.1, 0.15) is 6.33 Å². The van der Waals surface area contributed by atoms with Crippen LogP contribution in [0.15, 0.2) is 31.0 Å². The third-order valence-corrected chi connectivity index (χ3v) is 1.93. The van der Waals surface area contributed by atoms with Gasteiger partial charge in [0.2, 0.25) is 5.95 Å². The highest BCUT2D eigenvalue weighted by Gasteiger charge is 1.97. The Kier molecular flexibility index (Phi) is 3.22. The van der Waals surface area contributed by atoms with E-state index in [1.165, 1.54) is 6.33 Å². The first kappa shape index (κ1) is 10.3. The Labute approximate surface area is 92.8 Å². The molecule has 6 heteroatoms. The minimum Gasteiger partial charge on any atom is -0.494 e. The van der Waals surface area contributed by atoms with Crippen LogP contribution in [-0.4, -0.2) is 27.0 Å². The van der Waals surface area contributed by atoms with Crippen molar-refractivity contribution < 1.29 is 4.74 Å². The number of nitrogens with zero attached hydrogens (tertiary/aromatic N) is 4. The lowest BCUT2D eigenvalue weighted by Crippen LogP contribution is -2.04. The maximum Gasteiger partial charge on any atom is 0.223 e. The zero-order valence-electron chi connectivity index (χ0n) is 8.79. The fraction of sp³-hybridized carbons (Fsp3) is 0.200. The largest absolute Gasteiger partial charge is 0.494 e. The lowest BCUT2D eigenvalue weighted by Gasteiger charge is -2.04. The maximum absolute atomic E-state index is 4.96. The zero-order valence-corrected chi connectivity index (χ0v) is 8.79. The number of methoxy groups -OCH3 is 1. The number of ether oxygens (including phenoxy) is 1. The summed E-state index contributed by atoms with van der Waals surface area (Å²) in [7, 11) is 1.58. The maximum atomic E-state index is 4.96. The van der Waals surface area contributed by atoms with Crippen LogP contribution in [0, 0.1) is 0 Å². The van der Waals surface area contributed by atoms with Crippen LogP contribution in [0.2, 0.25) is 0 Å². The minimum absolute atomic E-state index is 0.541. The topological polar surface area (TPSA) is 72.8 Å². The van der Waals surface area contributed by atoms with Gasteiger partial charge in [0.25, 0.3) is 0 Å². The van der Waals surface area contributed by atoms with Gasteiger partial charge < -0.3 is 10.1 Å². The molecule has 0 radical (unpaired) electrons. The van der Waals surface area contributed by atoms with Crippen molar-refractivity contribution in [2.75, 3.05) is 12.4 Å². The molecule has 2 rings (SSSR count). The summed E-state index contributed by atoms with van der Waals surface area (Å²) in [6, 6.07) is 1.83. The Hall–Kier alpha value is -2.24. The van der Waals surface area contributed by atoms with Gasteiger partial charge in [-0.2, -0.15) is 0 Å². The second-order valence-electron chi connectivity index (χ2n) is 3.00. The molecule has 0 bridgehead atoms.